The van der Waals surface area contributed by atoms with Gasteiger partial charge in [-0.3, -0.25) is 14.3 Å². The van der Waals surface area contributed by atoms with Gasteiger partial charge in [-0.15, -0.1) is 11.3 Å². The van der Waals surface area contributed by atoms with Gasteiger partial charge in [0.2, 0.25) is 5.91 Å². The van der Waals surface area contributed by atoms with Crippen LogP contribution in [0.5, 0.6) is 0 Å². The fourth-order valence-electron chi connectivity index (χ4n) is 4.17. The number of carbonyl (C=O) groups is 2. The molecular formula is C23H23ClN4O2S. The highest BCUT2D eigenvalue weighted by Crippen LogP contribution is 2.43. The van der Waals surface area contributed by atoms with Crippen molar-refractivity contribution in [3.05, 3.63) is 75.2 Å². The molecule has 0 bridgehead atoms. The quantitative estimate of drug-likeness (QED) is 0.584. The molecule has 160 valence electrons. The summed E-state index contributed by atoms with van der Waals surface area (Å²) in [4.78, 5) is 28.0. The highest BCUT2D eigenvalue weighted by atomic mass is 35.5. The van der Waals surface area contributed by atoms with E-state index in [0.29, 0.717) is 29.7 Å². The molecule has 0 saturated heterocycles. The third kappa shape index (κ3) is 3.79. The van der Waals surface area contributed by atoms with Crippen LogP contribution in [0.2, 0.25) is 4.34 Å². The Morgan fingerprint density at radius 3 is 2.81 bits per heavy atom. The number of amides is 2. The van der Waals surface area contributed by atoms with E-state index in [1.165, 1.54) is 17.4 Å². The SMILES string of the molecule is C=CC(=O)N1Cc2sc(Cl)cc2[C@H](c2ccccc2-c2cnn(CC)c2C(=O)NC)C1. The molecular weight excluding hydrogens is 432 g/mol. The molecule has 4 rings (SSSR count). The molecule has 1 atom stereocenters. The summed E-state index contributed by atoms with van der Waals surface area (Å²) in [5, 5.41) is 7.15. The van der Waals surface area contributed by atoms with Gasteiger partial charge in [0.05, 0.1) is 17.1 Å². The van der Waals surface area contributed by atoms with Crippen molar-refractivity contribution in [1.82, 2.24) is 20.0 Å². The molecule has 31 heavy (non-hydrogen) atoms. The van der Waals surface area contributed by atoms with Crippen molar-refractivity contribution in [2.75, 3.05) is 13.6 Å². The summed E-state index contributed by atoms with van der Waals surface area (Å²) in [6, 6.07) is 9.97. The minimum absolute atomic E-state index is 0.0740. The summed E-state index contributed by atoms with van der Waals surface area (Å²) in [5.41, 5.74) is 4.37. The number of fused-ring (bicyclic) bond motifs is 1. The van der Waals surface area contributed by atoms with Crippen molar-refractivity contribution in [2.45, 2.75) is 25.9 Å². The van der Waals surface area contributed by atoms with Crippen molar-refractivity contribution in [1.29, 1.82) is 0 Å². The van der Waals surface area contributed by atoms with Crippen LogP contribution in [0.1, 0.15) is 39.3 Å². The Morgan fingerprint density at radius 1 is 1.32 bits per heavy atom. The fraction of sp³-hybridized carbons (Fsp3) is 0.261. The Labute approximate surface area is 190 Å². The molecule has 0 radical (unpaired) electrons. The number of carbonyl (C=O) groups excluding carboxylic acids is 2. The first-order chi connectivity index (χ1) is 15.0. The normalized spacial score (nSPS) is 15.5. The number of benzene rings is 1. The molecule has 1 aromatic carbocycles. The fourth-order valence-corrected chi connectivity index (χ4v) is 5.53. The van der Waals surface area contributed by atoms with Crippen LogP contribution in [0.15, 0.2) is 49.2 Å². The Bertz CT molecular complexity index is 1170. The molecule has 1 aliphatic heterocycles. The van der Waals surface area contributed by atoms with Gasteiger partial charge in [-0.05, 0) is 35.8 Å². The number of rotatable bonds is 5. The number of thiophene rings is 1. The summed E-state index contributed by atoms with van der Waals surface area (Å²) in [5.74, 6) is -0.367. The van der Waals surface area contributed by atoms with E-state index < -0.39 is 0 Å². The number of aromatic nitrogens is 2. The number of hydrogen-bond donors (Lipinski definition) is 1. The van der Waals surface area contributed by atoms with E-state index in [1.807, 2.05) is 37.3 Å². The molecule has 0 aliphatic carbocycles. The molecule has 3 aromatic rings. The Morgan fingerprint density at radius 2 is 2.10 bits per heavy atom. The maximum Gasteiger partial charge on any atom is 0.269 e. The maximum atomic E-state index is 12.7. The topological polar surface area (TPSA) is 67.2 Å². The Hall–Kier alpha value is -2.90. The van der Waals surface area contributed by atoms with Crippen LogP contribution in [-0.4, -0.2) is 40.1 Å². The van der Waals surface area contributed by atoms with Crippen LogP contribution in [0, 0.1) is 0 Å². The van der Waals surface area contributed by atoms with Gasteiger partial charge in [-0.1, -0.05) is 42.4 Å². The first kappa shape index (κ1) is 21.3. The molecule has 8 heteroatoms. The number of nitrogens with one attached hydrogen (secondary N) is 1. The Balaban J connectivity index is 1.88. The molecule has 0 unspecified atom stereocenters. The molecule has 6 nitrogen and oxygen atoms in total. The zero-order chi connectivity index (χ0) is 22.1. The van der Waals surface area contributed by atoms with Crippen LogP contribution in [0.25, 0.3) is 11.1 Å². The third-order valence-corrected chi connectivity index (χ3v) is 6.88. The summed E-state index contributed by atoms with van der Waals surface area (Å²) in [6.07, 6.45) is 3.09. The summed E-state index contributed by atoms with van der Waals surface area (Å²) in [6.45, 7) is 7.21. The van der Waals surface area contributed by atoms with Crippen molar-refractivity contribution in [3.8, 4) is 11.1 Å². The third-order valence-electron chi connectivity index (χ3n) is 5.62. The van der Waals surface area contributed by atoms with E-state index in [-0.39, 0.29) is 17.7 Å². The van der Waals surface area contributed by atoms with Crippen molar-refractivity contribution in [2.24, 2.45) is 0 Å². The minimum atomic E-state index is -0.185. The van der Waals surface area contributed by atoms with E-state index in [1.54, 1.807) is 22.8 Å². The Kier molecular flexibility index (Phi) is 5.98. The van der Waals surface area contributed by atoms with Gasteiger partial charge in [-0.2, -0.15) is 5.10 Å². The number of nitrogens with zero attached hydrogens (tertiary/aromatic N) is 3. The second kappa shape index (κ2) is 8.69. The first-order valence-electron chi connectivity index (χ1n) is 10.0. The lowest BCUT2D eigenvalue weighted by molar-refractivity contribution is -0.127. The van der Waals surface area contributed by atoms with E-state index >= 15 is 0 Å². The van der Waals surface area contributed by atoms with Gasteiger partial charge in [0.1, 0.15) is 5.69 Å². The van der Waals surface area contributed by atoms with E-state index in [2.05, 4.69) is 17.0 Å². The average Bonchev–Trinajstić information content (AvgIpc) is 3.39. The standard InChI is InChI=1S/C23H23ClN4O2S/c1-4-21(29)27-12-18(16-10-20(24)31-19(16)13-27)15-9-7-6-8-14(15)17-11-26-28(5-2)22(17)23(30)25-3/h4,6-11,18H,1,5,12-13H2,2-3H3,(H,25,30)/t18-/m0/s1. The molecule has 3 heterocycles. The van der Waals surface area contributed by atoms with Gasteiger partial charge in [0, 0.05) is 36.5 Å². The molecule has 2 aromatic heterocycles. The van der Waals surface area contributed by atoms with Crippen molar-refractivity contribution in [3.63, 3.8) is 0 Å². The zero-order valence-electron chi connectivity index (χ0n) is 17.4. The average molecular weight is 455 g/mol. The number of halogens is 1. The zero-order valence-corrected chi connectivity index (χ0v) is 19.0. The van der Waals surface area contributed by atoms with Gasteiger partial charge >= 0.3 is 0 Å². The molecule has 0 saturated carbocycles. The van der Waals surface area contributed by atoms with Crippen LogP contribution in [0.3, 0.4) is 0 Å². The van der Waals surface area contributed by atoms with E-state index in [0.717, 1.165) is 27.1 Å². The lowest BCUT2D eigenvalue weighted by Crippen LogP contribution is -2.37. The lowest BCUT2D eigenvalue weighted by atomic mass is 9.84. The van der Waals surface area contributed by atoms with Gasteiger partial charge in [0.25, 0.3) is 5.91 Å². The number of aryl methyl sites for hydroxylation is 1. The van der Waals surface area contributed by atoms with E-state index in [9.17, 15) is 9.59 Å². The van der Waals surface area contributed by atoms with Crippen LogP contribution in [-0.2, 0) is 17.9 Å². The van der Waals surface area contributed by atoms with E-state index in [4.69, 9.17) is 11.6 Å². The highest BCUT2D eigenvalue weighted by Gasteiger charge is 2.32. The second-order valence-electron chi connectivity index (χ2n) is 7.29. The second-order valence-corrected chi connectivity index (χ2v) is 9.06. The summed E-state index contributed by atoms with van der Waals surface area (Å²) in [7, 11) is 1.62. The van der Waals surface area contributed by atoms with Gasteiger partial charge < -0.3 is 10.2 Å². The first-order valence-corrected chi connectivity index (χ1v) is 11.2. The van der Waals surface area contributed by atoms with Crippen LogP contribution < -0.4 is 5.32 Å². The minimum Gasteiger partial charge on any atom is -0.354 e. The highest BCUT2D eigenvalue weighted by molar-refractivity contribution is 7.16. The molecule has 2 amide bonds. The molecule has 1 aliphatic rings. The lowest BCUT2D eigenvalue weighted by Gasteiger charge is -2.33. The largest absolute Gasteiger partial charge is 0.354 e. The monoisotopic (exact) mass is 454 g/mol. The van der Waals surface area contributed by atoms with Gasteiger partial charge in [-0.25, -0.2) is 0 Å². The maximum absolute atomic E-state index is 12.7. The molecule has 1 N–H and O–H groups in total. The van der Waals surface area contributed by atoms with Crippen molar-refractivity contribution >= 4 is 34.8 Å². The molecule has 0 spiro atoms. The van der Waals surface area contributed by atoms with Crippen molar-refractivity contribution < 1.29 is 9.59 Å². The predicted octanol–water partition coefficient (Wildman–Crippen LogP) is 4.30. The van der Waals surface area contributed by atoms with Crippen LogP contribution in [0.4, 0.5) is 0 Å². The number of hydrogen-bond acceptors (Lipinski definition) is 4. The molecule has 0 fully saturated rings. The van der Waals surface area contributed by atoms with Gasteiger partial charge in [0.15, 0.2) is 0 Å². The smallest absolute Gasteiger partial charge is 0.269 e. The predicted molar refractivity (Wildman–Crippen MR) is 124 cm³/mol. The summed E-state index contributed by atoms with van der Waals surface area (Å²) >= 11 is 7.86. The summed E-state index contributed by atoms with van der Waals surface area (Å²) < 4.78 is 2.40. The van der Waals surface area contributed by atoms with Crippen LogP contribution >= 0.6 is 22.9 Å².